The van der Waals surface area contributed by atoms with E-state index in [1.54, 1.807) is 18.2 Å². The minimum Gasteiger partial charge on any atom is -0.507 e. The number of aromatic nitrogens is 1. The number of phenolic OH excluding ortho intramolecular Hbond substituents is 1. The molecule has 0 amide bonds. The molecule has 0 bridgehead atoms. The second kappa shape index (κ2) is 7.56. The Kier molecular flexibility index (Phi) is 4.82. The van der Waals surface area contributed by atoms with E-state index in [1.807, 2.05) is 30.3 Å². The normalized spacial score (nSPS) is 17.7. The van der Waals surface area contributed by atoms with Crippen LogP contribution in [0.2, 0.25) is 0 Å². The van der Waals surface area contributed by atoms with Gasteiger partial charge in [-0.2, -0.15) is 0 Å². The van der Waals surface area contributed by atoms with Crippen molar-refractivity contribution in [2.24, 2.45) is 10.9 Å². The molecular weight excluding hydrogens is 324 g/mol. The lowest BCUT2D eigenvalue weighted by Crippen LogP contribution is -2.09. The van der Waals surface area contributed by atoms with Gasteiger partial charge in [0.1, 0.15) is 5.75 Å². The van der Waals surface area contributed by atoms with Crippen LogP contribution in [0.3, 0.4) is 0 Å². The molecule has 1 unspecified atom stereocenters. The van der Waals surface area contributed by atoms with Gasteiger partial charge in [-0.05, 0) is 55.9 Å². The first-order valence-corrected chi connectivity index (χ1v) is 9.15. The number of hydrogen-bond acceptors (Lipinski definition) is 4. The molecule has 4 heteroatoms. The molecule has 0 spiro atoms. The molecule has 1 aliphatic carbocycles. The molecule has 2 aromatic carbocycles. The number of fused-ring (bicyclic) bond motifs is 1. The minimum absolute atomic E-state index is 0.152. The average Bonchev–Trinajstić information content (AvgIpc) is 2.69. The number of allylic oxidation sites excluding steroid dienone is 2. The highest BCUT2D eigenvalue weighted by Gasteiger charge is 2.12. The fourth-order valence-electron chi connectivity index (χ4n) is 3.39. The van der Waals surface area contributed by atoms with E-state index in [0.717, 1.165) is 30.3 Å². The Hall–Kier alpha value is -2.88. The van der Waals surface area contributed by atoms with E-state index in [1.165, 1.54) is 12.8 Å². The molecule has 26 heavy (non-hydrogen) atoms. The smallest absolute Gasteiger partial charge is 0.232 e. The van der Waals surface area contributed by atoms with Crippen LogP contribution in [-0.4, -0.2) is 16.6 Å². The van der Waals surface area contributed by atoms with Crippen LogP contribution in [-0.2, 0) is 0 Å². The van der Waals surface area contributed by atoms with Gasteiger partial charge in [-0.25, -0.2) is 4.98 Å². The zero-order valence-electron chi connectivity index (χ0n) is 14.6. The molecule has 1 atom stereocenters. The van der Waals surface area contributed by atoms with Crippen LogP contribution in [0.4, 0.5) is 0 Å². The van der Waals surface area contributed by atoms with E-state index >= 15 is 0 Å². The van der Waals surface area contributed by atoms with Crippen molar-refractivity contribution in [3.63, 3.8) is 0 Å². The van der Waals surface area contributed by atoms with E-state index in [4.69, 9.17) is 9.41 Å². The van der Waals surface area contributed by atoms with Crippen molar-refractivity contribution >= 4 is 10.9 Å². The number of para-hydroxylation sites is 2. The molecule has 1 aliphatic rings. The van der Waals surface area contributed by atoms with Gasteiger partial charge in [-0.1, -0.05) is 36.4 Å². The number of hydrogen-bond donors (Lipinski definition) is 1. The second-order valence-electron chi connectivity index (χ2n) is 6.68. The first-order chi connectivity index (χ1) is 12.8. The highest BCUT2D eigenvalue weighted by molar-refractivity contribution is 5.78. The van der Waals surface area contributed by atoms with Crippen molar-refractivity contribution in [2.45, 2.75) is 25.7 Å². The van der Waals surface area contributed by atoms with Gasteiger partial charge in [0.05, 0.1) is 16.5 Å². The van der Waals surface area contributed by atoms with E-state index < -0.39 is 0 Å². The summed E-state index contributed by atoms with van der Waals surface area (Å²) in [5.41, 5.74) is 1.98. The summed E-state index contributed by atoms with van der Waals surface area (Å²) in [6.45, 7) is 0.732. The summed E-state index contributed by atoms with van der Waals surface area (Å²) in [6, 6.07) is 14.9. The van der Waals surface area contributed by atoms with Gasteiger partial charge in [-0.15, -0.1) is 0 Å². The molecule has 1 aromatic heterocycles. The molecule has 1 heterocycles. The summed E-state index contributed by atoms with van der Waals surface area (Å²) >= 11 is 0. The monoisotopic (exact) mass is 346 g/mol. The number of phenols is 1. The third kappa shape index (κ3) is 3.54. The fraction of sp³-hybridized carbons (Fsp3) is 0.273. The molecular formula is C22H22N2O2. The van der Waals surface area contributed by atoms with Crippen molar-refractivity contribution in [1.82, 2.24) is 4.98 Å². The Morgan fingerprint density at radius 3 is 2.77 bits per heavy atom. The van der Waals surface area contributed by atoms with E-state index in [0.29, 0.717) is 22.9 Å². The van der Waals surface area contributed by atoms with Crippen molar-refractivity contribution in [1.29, 1.82) is 0 Å². The predicted molar refractivity (Wildman–Crippen MR) is 103 cm³/mol. The van der Waals surface area contributed by atoms with Crippen LogP contribution in [0.25, 0.3) is 22.4 Å². The maximum absolute atomic E-state index is 10.1. The molecule has 0 aliphatic heterocycles. The highest BCUT2D eigenvalue weighted by Crippen LogP contribution is 2.27. The molecule has 0 radical (unpaired) electrons. The highest BCUT2D eigenvalue weighted by atomic mass is 16.3. The van der Waals surface area contributed by atoms with Crippen LogP contribution in [0, 0.1) is 5.92 Å². The first kappa shape index (κ1) is 16.6. The number of aromatic hydroxyl groups is 1. The van der Waals surface area contributed by atoms with E-state index in [2.05, 4.69) is 17.1 Å². The van der Waals surface area contributed by atoms with Gasteiger partial charge in [-0.3, -0.25) is 4.99 Å². The Morgan fingerprint density at radius 2 is 1.92 bits per heavy atom. The molecule has 0 fully saturated rings. The molecule has 0 saturated carbocycles. The van der Waals surface area contributed by atoms with Crippen molar-refractivity contribution in [3.8, 4) is 17.2 Å². The lowest BCUT2D eigenvalue weighted by atomic mass is 9.92. The largest absolute Gasteiger partial charge is 0.507 e. The number of rotatable bonds is 4. The SMILES string of the molecule is Oc1ccccc1-c1nc2ccccc2c(=NCCC2CC=CCC2)o1. The molecule has 0 saturated heterocycles. The zero-order valence-corrected chi connectivity index (χ0v) is 14.6. The molecule has 132 valence electrons. The third-order valence-electron chi connectivity index (χ3n) is 4.85. The van der Waals surface area contributed by atoms with Gasteiger partial charge >= 0.3 is 0 Å². The summed E-state index contributed by atoms with van der Waals surface area (Å²) in [7, 11) is 0. The quantitative estimate of drug-likeness (QED) is 0.687. The standard InChI is InChI=1S/C22H22N2O2/c25-20-13-7-5-11-18(20)22-24-19-12-6-4-10-17(19)21(26-22)23-15-14-16-8-2-1-3-9-16/h1-2,4-7,10-13,16,25H,3,8-9,14-15H2. The Morgan fingerprint density at radius 1 is 1.08 bits per heavy atom. The van der Waals surface area contributed by atoms with Crippen LogP contribution < -0.4 is 5.55 Å². The predicted octanol–water partition coefficient (Wildman–Crippen LogP) is 4.85. The topological polar surface area (TPSA) is 58.6 Å². The second-order valence-corrected chi connectivity index (χ2v) is 6.68. The average molecular weight is 346 g/mol. The lowest BCUT2D eigenvalue weighted by Gasteiger charge is -2.15. The van der Waals surface area contributed by atoms with Gasteiger partial charge in [0, 0.05) is 6.54 Å². The fourth-order valence-corrected chi connectivity index (χ4v) is 3.39. The number of nitrogens with zero attached hydrogens (tertiary/aromatic N) is 2. The number of benzene rings is 2. The molecule has 4 nitrogen and oxygen atoms in total. The van der Waals surface area contributed by atoms with Crippen molar-refractivity contribution in [2.75, 3.05) is 6.54 Å². The Balaban J connectivity index is 1.71. The maximum atomic E-state index is 10.1. The maximum Gasteiger partial charge on any atom is 0.232 e. The minimum atomic E-state index is 0.152. The summed E-state index contributed by atoms with van der Waals surface area (Å²) in [5.74, 6) is 1.25. The summed E-state index contributed by atoms with van der Waals surface area (Å²) < 4.78 is 6.00. The van der Waals surface area contributed by atoms with Crippen LogP contribution in [0.1, 0.15) is 25.7 Å². The van der Waals surface area contributed by atoms with Gasteiger partial charge < -0.3 is 9.52 Å². The summed E-state index contributed by atoms with van der Waals surface area (Å²) in [5, 5.41) is 11.0. The van der Waals surface area contributed by atoms with Gasteiger partial charge in [0.2, 0.25) is 11.4 Å². The molecule has 3 aromatic rings. The summed E-state index contributed by atoms with van der Waals surface area (Å²) in [4.78, 5) is 9.30. The summed E-state index contributed by atoms with van der Waals surface area (Å²) in [6.07, 6.45) is 9.15. The lowest BCUT2D eigenvalue weighted by molar-refractivity contribution is 0.438. The van der Waals surface area contributed by atoms with Crippen LogP contribution in [0.15, 0.2) is 70.1 Å². The Bertz CT molecular complexity index is 1000. The van der Waals surface area contributed by atoms with Crippen molar-refractivity contribution in [3.05, 3.63) is 66.2 Å². The molecule has 1 N–H and O–H groups in total. The zero-order chi connectivity index (χ0) is 17.8. The van der Waals surface area contributed by atoms with Gasteiger partial charge in [0.15, 0.2) is 0 Å². The van der Waals surface area contributed by atoms with Crippen molar-refractivity contribution < 1.29 is 9.52 Å². The molecule has 4 rings (SSSR count). The Labute approximate surface area is 152 Å². The first-order valence-electron chi connectivity index (χ1n) is 9.15. The van der Waals surface area contributed by atoms with Crippen LogP contribution in [0.5, 0.6) is 5.75 Å². The van der Waals surface area contributed by atoms with Crippen LogP contribution >= 0.6 is 0 Å². The van der Waals surface area contributed by atoms with E-state index in [-0.39, 0.29) is 5.75 Å². The third-order valence-corrected chi connectivity index (χ3v) is 4.85. The van der Waals surface area contributed by atoms with E-state index in [9.17, 15) is 5.11 Å². The van der Waals surface area contributed by atoms with Gasteiger partial charge in [0.25, 0.3) is 0 Å².